The molecule has 2 aromatic rings. The summed E-state index contributed by atoms with van der Waals surface area (Å²) in [5, 5.41) is 19.7. The Labute approximate surface area is 182 Å². The molecule has 1 atom stereocenters. The van der Waals surface area contributed by atoms with Crippen LogP contribution in [0.1, 0.15) is 32.7 Å². The number of amides is 3. The first-order chi connectivity index (χ1) is 15.3. The molecule has 0 fully saturated rings. The topological polar surface area (TPSA) is 150 Å². The molecule has 0 aromatic heterocycles. The SMILES string of the molecule is O=C(O)C(=O)N[C@H](Cc1ccc(OCCCN2C(=O)c3ccccc3C2=O)cc1)C(=O)O. The predicted molar refractivity (Wildman–Crippen MR) is 109 cm³/mol. The van der Waals surface area contributed by atoms with Crippen LogP contribution in [0, 0.1) is 0 Å². The smallest absolute Gasteiger partial charge is 0.394 e. The lowest BCUT2D eigenvalue weighted by atomic mass is 10.1. The molecule has 1 heterocycles. The third-order valence-corrected chi connectivity index (χ3v) is 4.83. The Hall–Kier alpha value is -4.21. The van der Waals surface area contributed by atoms with Gasteiger partial charge in [-0.3, -0.25) is 19.3 Å². The molecule has 3 amide bonds. The van der Waals surface area contributed by atoms with Crippen LogP contribution >= 0.6 is 0 Å². The van der Waals surface area contributed by atoms with E-state index in [0.717, 1.165) is 0 Å². The molecule has 0 bridgehead atoms. The molecule has 166 valence electrons. The Balaban J connectivity index is 1.47. The number of benzene rings is 2. The number of rotatable bonds is 9. The number of nitrogens with one attached hydrogen (secondary N) is 1. The lowest BCUT2D eigenvalue weighted by molar-refractivity contribution is -0.152. The van der Waals surface area contributed by atoms with Crippen molar-refractivity contribution < 1.29 is 38.9 Å². The fourth-order valence-corrected chi connectivity index (χ4v) is 3.23. The molecule has 2 aromatic carbocycles. The number of carboxylic acid groups (broad SMARTS) is 2. The Morgan fingerprint density at radius 1 is 0.938 bits per heavy atom. The second-order valence-electron chi connectivity index (χ2n) is 7.03. The fraction of sp³-hybridized carbons (Fsp3) is 0.227. The third-order valence-electron chi connectivity index (χ3n) is 4.83. The van der Waals surface area contributed by atoms with E-state index in [2.05, 4.69) is 0 Å². The van der Waals surface area contributed by atoms with Gasteiger partial charge in [0.2, 0.25) is 0 Å². The van der Waals surface area contributed by atoms with E-state index in [4.69, 9.17) is 14.9 Å². The number of nitrogens with zero attached hydrogens (tertiary/aromatic N) is 1. The number of hydrogen-bond donors (Lipinski definition) is 3. The van der Waals surface area contributed by atoms with Crippen LogP contribution in [0.2, 0.25) is 0 Å². The highest BCUT2D eigenvalue weighted by molar-refractivity contribution is 6.31. The van der Waals surface area contributed by atoms with Crippen LogP contribution in [0.5, 0.6) is 5.75 Å². The number of aliphatic carboxylic acids is 2. The third kappa shape index (κ3) is 5.09. The summed E-state index contributed by atoms with van der Waals surface area (Å²) in [6.07, 6.45) is 0.323. The molecule has 1 aliphatic rings. The lowest BCUT2D eigenvalue weighted by Crippen LogP contribution is -2.45. The maximum Gasteiger partial charge on any atom is 0.394 e. The Morgan fingerprint density at radius 3 is 2.06 bits per heavy atom. The highest BCUT2D eigenvalue weighted by Crippen LogP contribution is 2.22. The van der Waals surface area contributed by atoms with Crippen LogP contribution in [0.15, 0.2) is 48.5 Å². The monoisotopic (exact) mass is 440 g/mol. The molecule has 0 unspecified atom stereocenters. The van der Waals surface area contributed by atoms with Gasteiger partial charge in [-0.1, -0.05) is 24.3 Å². The molecular weight excluding hydrogens is 420 g/mol. The van der Waals surface area contributed by atoms with Gasteiger partial charge in [0.1, 0.15) is 11.8 Å². The Bertz CT molecular complexity index is 1030. The van der Waals surface area contributed by atoms with Gasteiger partial charge in [-0.25, -0.2) is 9.59 Å². The second kappa shape index (κ2) is 9.73. The van der Waals surface area contributed by atoms with Gasteiger partial charge in [0.25, 0.3) is 11.8 Å². The maximum absolute atomic E-state index is 12.3. The van der Waals surface area contributed by atoms with Crippen molar-refractivity contribution in [3.8, 4) is 5.75 Å². The standard InChI is InChI=1S/C22H20N2O8/c25-18(22(30)31)23-17(21(28)29)12-13-6-8-14(9-7-13)32-11-3-10-24-19(26)15-4-1-2-5-16(15)20(24)27/h1-2,4-9,17H,3,10-12H2,(H,23,25)(H,28,29)(H,30,31)/t17-/m1/s1. The summed E-state index contributed by atoms with van der Waals surface area (Å²) in [5.41, 5.74) is 1.35. The van der Waals surface area contributed by atoms with Gasteiger partial charge < -0.3 is 20.3 Å². The van der Waals surface area contributed by atoms with Crippen molar-refractivity contribution in [2.24, 2.45) is 0 Å². The van der Waals surface area contributed by atoms with E-state index >= 15 is 0 Å². The van der Waals surface area contributed by atoms with Crippen molar-refractivity contribution in [3.05, 3.63) is 65.2 Å². The highest BCUT2D eigenvalue weighted by Gasteiger charge is 2.34. The minimum absolute atomic E-state index is 0.103. The molecular formula is C22H20N2O8. The first kappa shape index (κ1) is 22.5. The summed E-state index contributed by atoms with van der Waals surface area (Å²) in [7, 11) is 0. The van der Waals surface area contributed by atoms with E-state index in [-0.39, 0.29) is 31.4 Å². The second-order valence-corrected chi connectivity index (χ2v) is 7.03. The van der Waals surface area contributed by atoms with Crippen LogP contribution in [0.25, 0.3) is 0 Å². The van der Waals surface area contributed by atoms with E-state index in [9.17, 15) is 24.0 Å². The summed E-state index contributed by atoms with van der Waals surface area (Å²) >= 11 is 0. The van der Waals surface area contributed by atoms with Gasteiger partial charge in [-0.05, 0) is 36.2 Å². The van der Waals surface area contributed by atoms with Crippen LogP contribution in [-0.4, -0.2) is 64.0 Å². The van der Waals surface area contributed by atoms with Crippen molar-refractivity contribution in [3.63, 3.8) is 0 Å². The summed E-state index contributed by atoms with van der Waals surface area (Å²) in [6, 6.07) is 11.7. The minimum atomic E-state index is -1.76. The van der Waals surface area contributed by atoms with Gasteiger partial charge in [-0.15, -0.1) is 0 Å². The number of hydrogen-bond acceptors (Lipinski definition) is 6. The van der Waals surface area contributed by atoms with Crippen molar-refractivity contribution in [1.29, 1.82) is 0 Å². The number of imide groups is 1. The first-order valence-corrected chi connectivity index (χ1v) is 9.71. The largest absolute Gasteiger partial charge is 0.494 e. The molecule has 0 saturated carbocycles. The predicted octanol–water partition coefficient (Wildman–Crippen LogP) is 0.948. The number of carbonyl (C=O) groups is 5. The molecule has 10 heteroatoms. The molecule has 0 saturated heterocycles. The summed E-state index contributed by atoms with van der Waals surface area (Å²) < 4.78 is 5.60. The van der Waals surface area contributed by atoms with Gasteiger partial charge in [0.15, 0.2) is 0 Å². The maximum atomic E-state index is 12.3. The zero-order valence-electron chi connectivity index (χ0n) is 16.8. The molecule has 32 heavy (non-hydrogen) atoms. The van der Waals surface area contributed by atoms with Gasteiger partial charge in [0, 0.05) is 13.0 Å². The molecule has 3 rings (SSSR count). The van der Waals surface area contributed by atoms with E-state index in [1.165, 1.54) is 4.90 Å². The van der Waals surface area contributed by atoms with E-state index in [1.54, 1.807) is 48.5 Å². The van der Waals surface area contributed by atoms with E-state index in [0.29, 0.717) is 28.9 Å². The Kier molecular flexibility index (Phi) is 6.83. The van der Waals surface area contributed by atoms with Crippen LogP contribution in [-0.2, 0) is 20.8 Å². The molecule has 10 nitrogen and oxygen atoms in total. The van der Waals surface area contributed by atoms with Crippen molar-refractivity contribution in [1.82, 2.24) is 10.2 Å². The van der Waals surface area contributed by atoms with Crippen molar-refractivity contribution in [2.75, 3.05) is 13.2 Å². The number of carbonyl (C=O) groups excluding carboxylic acids is 3. The summed E-state index contributed by atoms with van der Waals surface area (Å²) in [4.78, 5) is 58.9. The number of fused-ring (bicyclic) bond motifs is 1. The normalized spacial score (nSPS) is 13.4. The van der Waals surface area contributed by atoms with Crippen molar-refractivity contribution in [2.45, 2.75) is 18.9 Å². The molecule has 1 aliphatic heterocycles. The molecule has 0 radical (unpaired) electrons. The zero-order valence-corrected chi connectivity index (χ0v) is 16.8. The van der Waals surface area contributed by atoms with Gasteiger partial charge >= 0.3 is 17.8 Å². The zero-order chi connectivity index (χ0) is 23.3. The highest BCUT2D eigenvalue weighted by atomic mass is 16.5. The average molecular weight is 440 g/mol. The molecule has 0 spiro atoms. The minimum Gasteiger partial charge on any atom is -0.494 e. The van der Waals surface area contributed by atoms with E-state index in [1.807, 2.05) is 5.32 Å². The summed E-state index contributed by atoms with van der Waals surface area (Å²) in [5.74, 6) is -4.65. The summed E-state index contributed by atoms with van der Waals surface area (Å²) in [6.45, 7) is 0.465. The first-order valence-electron chi connectivity index (χ1n) is 9.71. The molecule has 0 aliphatic carbocycles. The number of ether oxygens (including phenoxy) is 1. The van der Waals surface area contributed by atoms with Crippen LogP contribution < -0.4 is 10.1 Å². The van der Waals surface area contributed by atoms with Gasteiger partial charge in [0.05, 0.1) is 17.7 Å². The fourth-order valence-electron chi connectivity index (χ4n) is 3.23. The van der Waals surface area contributed by atoms with Crippen molar-refractivity contribution >= 4 is 29.7 Å². The van der Waals surface area contributed by atoms with E-state index < -0.39 is 23.9 Å². The Morgan fingerprint density at radius 2 is 1.53 bits per heavy atom. The average Bonchev–Trinajstić information content (AvgIpc) is 3.02. The van der Waals surface area contributed by atoms with Crippen LogP contribution in [0.3, 0.4) is 0 Å². The molecule has 3 N–H and O–H groups in total. The lowest BCUT2D eigenvalue weighted by Gasteiger charge is -2.15. The van der Waals surface area contributed by atoms with Gasteiger partial charge in [-0.2, -0.15) is 0 Å². The number of carboxylic acids is 2. The van der Waals surface area contributed by atoms with Crippen LogP contribution in [0.4, 0.5) is 0 Å². The quantitative estimate of drug-likeness (QED) is 0.296.